The summed E-state index contributed by atoms with van der Waals surface area (Å²) in [6.07, 6.45) is 2.85. The maximum Gasteiger partial charge on any atom is 0.133 e. The normalized spacial score (nSPS) is 13.7. The average molecular weight is 302 g/mol. The minimum absolute atomic E-state index is 0.780. The number of hydrogen-bond donors (Lipinski definition) is 0. The van der Waals surface area contributed by atoms with Gasteiger partial charge in [-0.15, -0.1) is 0 Å². The summed E-state index contributed by atoms with van der Waals surface area (Å²) in [7, 11) is 0. The number of benzene rings is 1. The maximum atomic E-state index is 4.64. The molecule has 3 aromatic rings. The van der Waals surface area contributed by atoms with E-state index in [1.54, 1.807) is 6.20 Å². The number of anilines is 1. The van der Waals surface area contributed by atoms with Gasteiger partial charge in [0.25, 0.3) is 0 Å². The molecule has 23 heavy (non-hydrogen) atoms. The molecule has 0 aliphatic carbocycles. The van der Waals surface area contributed by atoms with Gasteiger partial charge in [-0.1, -0.05) is 30.3 Å². The van der Waals surface area contributed by atoms with Crippen LogP contribution >= 0.6 is 0 Å². The van der Waals surface area contributed by atoms with Crippen molar-refractivity contribution in [2.75, 3.05) is 11.4 Å². The lowest BCUT2D eigenvalue weighted by molar-refractivity contribution is 0.717. The Morgan fingerprint density at radius 3 is 2.57 bits per heavy atom. The van der Waals surface area contributed by atoms with Crippen LogP contribution in [0.2, 0.25) is 0 Å². The number of nitrogens with zero attached hydrogens (tertiary/aromatic N) is 4. The second-order valence-electron chi connectivity index (χ2n) is 5.81. The highest BCUT2D eigenvalue weighted by Crippen LogP contribution is 2.25. The van der Waals surface area contributed by atoms with Gasteiger partial charge in [0, 0.05) is 25.4 Å². The van der Waals surface area contributed by atoms with E-state index >= 15 is 0 Å². The van der Waals surface area contributed by atoms with Gasteiger partial charge in [0.05, 0.1) is 11.4 Å². The smallest absolute Gasteiger partial charge is 0.133 e. The zero-order chi connectivity index (χ0) is 15.6. The molecule has 1 aliphatic heterocycles. The largest absolute Gasteiger partial charge is 0.352 e. The SMILES string of the molecule is Cc1nc(-c2ccccn2)cc(N2CCc3ccccc3C2)n1. The van der Waals surface area contributed by atoms with Crippen molar-refractivity contribution in [3.8, 4) is 11.4 Å². The summed E-state index contributed by atoms with van der Waals surface area (Å²) in [5.74, 6) is 1.76. The van der Waals surface area contributed by atoms with Gasteiger partial charge in [-0.25, -0.2) is 9.97 Å². The Hall–Kier alpha value is -2.75. The fraction of sp³-hybridized carbons (Fsp3) is 0.211. The fourth-order valence-corrected chi connectivity index (χ4v) is 3.05. The van der Waals surface area contributed by atoms with Gasteiger partial charge in [-0.2, -0.15) is 0 Å². The van der Waals surface area contributed by atoms with Crippen LogP contribution in [0.15, 0.2) is 54.7 Å². The number of rotatable bonds is 2. The molecular formula is C19H18N4. The van der Waals surface area contributed by atoms with E-state index in [4.69, 9.17) is 0 Å². The van der Waals surface area contributed by atoms with Crippen LogP contribution in [-0.4, -0.2) is 21.5 Å². The van der Waals surface area contributed by atoms with E-state index in [1.807, 2.05) is 31.2 Å². The molecule has 4 nitrogen and oxygen atoms in total. The van der Waals surface area contributed by atoms with Crippen LogP contribution in [0.25, 0.3) is 11.4 Å². The Labute approximate surface area is 135 Å². The predicted molar refractivity (Wildman–Crippen MR) is 91.2 cm³/mol. The molecule has 0 spiro atoms. The molecule has 0 fully saturated rings. The Bertz CT molecular complexity index is 830. The summed E-state index contributed by atoms with van der Waals surface area (Å²) in [4.78, 5) is 15.9. The Balaban J connectivity index is 1.69. The summed E-state index contributed by atoms with van der Waals surface area (Å²) < 4.78 is 0. The van der Waals surface area contributed by atoms with Crippen LogP contribution in [-0.2, 0) is 13.0 Å². The van der Waals surface area contributed by atoms with Crippen LogP contribution in [0.5, 0.6) is 0 Å². The van der Waals surface area contributed by atoms with Crippen molar-refractivity contribution in [2.45, 2.75) is 19.9 Å². The number of fused-ring (bicyclic) bond motifs is 1. The minimum atomic E-state index is 0.780. The molecule has 1 aliphatic rings. The second-order valence-corrected chi connectivity index (χ2v) is 5.81. The summed E-state index contributed by atoms with van der Waals surface area (Å²) >= 11 is 0. The van der Waals surface area contributed by atoms with Crippen LogP contribution in [0.4, 0.5) is 5.82 Å². The number of pyridine rings is 1. The summed E-state index contributed by atoms with van der Waals surface area (Å²) in [6.45, 7) is 3.82. The van der Waals surface area contributed by atoms with Gasteiger partial charge in [0.15, 0.2) is 0 Å². The van der Waals surface area contributed by atoms with Crippen molar-refractivity contribution >= 4 is 5.82 Å². The minimum Gasteiger partial charge on any atom is -0.352 e. The molecule has 0 saturated carbocycles. The van der Waals surface area contributed by atoms with E-state index in [0.717, 1.165) is 42.5 Å². The molecule has 0 amide bonds. The van der Waals surface area contributed by atoms with Crippen molar-refractivity contribution in [1.29, 1.82) is 0 Å². The average Bonchev–Trinajstić information content (AvgIpc) is 2.61. The third kappa shape index (κ3) is 2.80. The molecule has 0 saturated heterocycles. The number of aromatic nitrogens is 3. The standard InChI is InChI=1S/C19H18N4/c1-14-21-18(17-8-4-5-10-20-17)12-19(22-14)23-11-9-15-6-2-3-7-16(15)13-23/h2-8,10,12H,9,11,13H2,1H3. The highest BCUT2D eigenvalue weighted by atomic mass is 15.2. The lowest BCUT2D eigenvalue weighted by Crippen LogP contribution is -2.31. The molecule has 114 valence electrons. The van der Waals surface area contributed by atoms with Gasteiger partial charge in [0.1, 0.15) is 11.6 Å². The van der Waals surface area contributed by atoms with Crippen molar-refractivity contribution in [2.24, 2.45) is 0 Å². The van der Waals surface area contributed by atoms with E-state index in [2.05, 4.69) is 44.1 Å². The van der Waals surface area contributed by atoms with Crippen molar-refractivity contribution < 1.29 is 0 Å². The lowest BCUT2D eigenvalue weighted by Gasteiger charge is -2.30. The molecule has 0 atom stereocenters. The molecule has 0 radical (unpaired) electrons. The maximum absolute atomic E-state index is 4.64. The second kappa shape index (κ2) is 5.80. The van der Waals surface area contributed by atoms with Crippen molar-refractivity contribution in [3.05, 3.63) is 71.7 Å². The van der Waals surface area contributed by atoms with Crippen LogP contribution in [0, 0.1) is 6.92 Å². The van der Waals surface area contributed by atoms with Crippen molar-refractivity contribution in [3.63, 3.8) is 0 Å². The highest BCUT2D eigenvalue weighted by Gasteiger charge is 2.18. The molecule has 0 bridgehead atoms. The van der Waals surface area contributed by atoms with Crippen molar-refractivity contribution in [1.82, 2.24) is 15.0 Å². The van der Waals surface area contributed by atoms with E-state index in [9.17, 15) is 0 Å². The quantitative estimate of drug-likeness (QED) is 0.727. The molecule has 3 heterocycles. The summed E-state index contributed by atoms with van der Waals surface area (Å²) in [6, 6.07) is 16.6. The Kier molecular flexibility index (Phi) is 3.50. The molecule has 0 N–H and O–H groups in total. The molecule has 2 aromatic heterocycles. The first kappa shape index (κ1) is 13.9. The first-order valence-electron chi connectivity index (χ1n) is 7.88. The van der Waals surface area contributed by atoms with Gasteiger partial charge < -0.3 is 4.90 Å². The molecule has 4 rings (SSSR count). The summed E-state index contributed by atoms with van der Waals surface area (Å²) in [5.41, 5.74) is 4.59. The van der Waals surface area contributed by atoms with E-state index < -0.39 is 0 Å². The molecule has 1 aromatic carbocycles. The zero-order valence-corrected chi connectivity index (χ0v) is 13.1. The monoisotopic (exact) mass is 302 g/mol. The molecular weight excluding hydrogens is 284 g/mol. The topological polar surface area (TPSA) is 41.9 Å². The van der Waals surface area contributed by atoms with Crippen LogP contribution in [0.3, 0.4) is 0 Å². The highest BCUT2D eigenvalue weighted by molar-refractivity contribution is 5.59. The Morgan fingerprint density at radius 2 is 1.74 bits per heavy atom. The lowest BCUT2D eigenvalue weighted by atomic mass is 10.00. The predicted octanol–water partition coefficient (Wildman–Crippen LogP) is 3.41. The summed E-state index contributed by atoms with van der Waals surface area (Å²) in [5, 5.41) is 0. The van der Waals surface area contributed by atoms with E-state index in [-0.39, 0.29) is 0 Å². The van der Waals surface area contributed by atoms with Gasteiger partial charge in [0.2, 0.25) is 0 Å². The third-order valence-electron chi connectivity index (χ3n) is 4.21. The molecule has 0 unspecified atom stereocenters. The number of aryl methyl sites for hydroxylation is 1. The van der Waals surface area contributed by atoms with Crippen LogP contribution in [0.1, 0.15) is 17.0 Å². The van der Waals surface area contributed by atoms with Crippen LogP contribution < -0.4 is 4.90 Å². The van der Waals surface area contributed by atoms with Gasteiger partial charge >= 0.3 is 0 Å². The third-order valence-corrected chi connectivity index (χ3v) is 4.21. The number of hydrogen-bond acceptors (Lipinski definition) is 4. The fourth-order valence-electron chi connectivity index (χ4n) is 3.05. The van der Waals surface area contributed by atoms with Gasteiger partial charge in [-0.3, -0.25) is 4.98 Å². The first-order chi connectivity index (χ1) is 11.3. The molecule has 4 heteroatoms. The van der Waals surface area contributed by atoms with Gasteiger partial charge in [-0.05, 0) is 36.6 Å². The Morgan fingerprint density at radius 1 is 0.913 bits per heavy atom. The van der Waals surface area contributed by atoms with E-state index in [1.165, 1.54) is 11.1 Å². The first-order valence-corrected chi connectivity index (χ1v) is 7.88. The van der Waals surface area contributed by atoms with E-state index in [0.29, 0.717) is 0 Å². The zero-order valence-electron chi connectivity index (χ0n) is 13.1.